The third-order valence-corrected chi connectivity index (χ3v) is 9.26. The molecule has 5 rings (SSSR count). The van der Waals surface area contributed by atoms with Gasteiger partial charge in [0.15, 0.2) is 11.5 Å². The van der Waals surface area contributed by atoms with Gasteiger partial charge in [0.1, 0.15) is 0 Å². The lowest BCUT2D eigenvalue weighted by Gasteiger charge is -2.39. The van der Waals surface area contributed by atoms with Gasteiger partial charge in [-0.15, -0.1) is 0 Å². The van der Waals surface area contributed by atoms with E-state index < -0.39 is 0 Å². The van der Waals surface area contributed by atoms with Gasteiger partial charge in [0.25, 0.3) is 0 Å². The highest BCUT2D eigenvalue weighted by molar-refractivity contribution is 5.44. The molecule has 6 nitrogen and oxygen atoms in total. The van der Waals surface area contributed by atoms with Gasteiger partial charge >= 0.3 is 0 Å². The first kappa shape index (κ1) is 22.5. The molecule has 0 aromatic heterocycles. The van der Waals surface area contributed by atoms with Gasteiger partial charge < -0.3 is 19.3 Å². The summed E-state index contributed by atoms with van der Waals surface area (Å²) >= 11 is 0. The molecular weight excluding hydrogens is 404 g/mol. The lowest BCUT2D eigenvalue weighted by molar-refractivity contribution is -0.0570. The Labute approximate surface area is 192 Å². The second kappa shape index (κ2) is 8.79. The first-order valence-corrected chi connectivity index (χ1v) is 12.5. The van der Waals surface area contributed by atoms with E-state index in [1.54, 1.807) is 0 Å². The summed E-state index contributed by atoms with van der Waals surface area (Å²) in [5, 5.41) is 10.6. The molecule has 2 aliphatic carbocycles. The number of hydrogen-bond acceptors (Lipinski definition) is 6. The first-order chi connectivity index (χ1) is 15.3. The molecule has 32 heavy (non-hydrogen) atoms. The van der Waals surface area contributed by atoms with E-state index >= 15 is 0 Å². The Morgan fingerprint density at radius 2 is 1.84 bits per heavy atom. The molecule has 0 radical (unpaired) electrons. The van der Waals surface area contributed by atoms with Crippen molar-refractivity contribution in [1.82, 2.24) is 9.80 Å². The Hall–Kier alpha value is -1.34. The van der Waals surface area contributed by atoms with E-state index in [-0.39, 0.29) is 6.10 Å². The van der Waals surface area contributed by atoms with Crippen LogP contribution >= 0.6 is 0 Å². The van der Waals surface area contributed by atoms with E-state index in [1.807, 2.05) is 6.07 Å². The van der Waals surface area contributed by atoms with Gasteiger partial charge in [0.05, 0.1) is 12.2 Å². The number of ether oxygens (including phenoxy) is 3. The number of β-amino-alcohol motifs (C(OH)–C–C–N with tert-alkyl or cyclic N) is 1. The van der Waals surface area contributed by atoms with E-state index in [1.165, 1.54) is 24.8 Å². The van der Waals surface area contributed by atoms with Gasteiger partial charge in [-0.2, -0.15) is 0 Å². The van der Waals surface area contributed by atoms with Crippen LogP contribution in [0.5, 0.6) is 11.5 Å². The van der Waals surface area contributed by atoms with Crippen LogP contribution in [-0.2, 0) is 11.3 Å². The van der Waals surface area contributed by atoms with E-state index in [4.69, 9.17) is 14.2 Å². The van der Waals surface area contributed by atoms with Gasteiger partial charge in [0, 0.05) is 45.9 Å². The maximum absolute atomic E-state index is 10.6. The average molecular weight is 445 g/mol. The topological polar surface area (TPSA) is 54.4 Å². The summed E-state index contributed by atoms with van der Waals surface area (Å²) in [5.74, 6) is 2.50. The quantitative estimate of drug-likeness (QED) is 0.662. The number of aliphatic hydroxyl groups excluding tert-OH is 1. The van der Waals surface area contributed by atoms with Crippen LogP contribution in [-0.4, -0.2) is 73.2 Å². The van der Waals surface area contributed by atoms with Crippen molar-refractivity contribution >= 4 is 0 Å². The van der Waals surface area contributed by atoms with Crippen molar-refractivity contribution in [1.29, 1.82) is 0 Å². The Morgan fingerprint density at radius 1 is 1.09 bits per heavy atom. The third-order valence-electron chi connectivity index (χ3n) is 9.26. The van der Waals surface area contributed by atoms with E-state index in [0.29, 0.717) is 30.3 Å². The molecule has 2 saturated carbocycles. The highest BCUT2D eigenvalue weighted by Gasteiger charge is 2.61. The van der Waals surface area contributed by atoms with Gasteiger partial charge in [-0.05, 0) is 60.1 Å². The minimum absolute atomic E-state index is 0.303. The molecule has 178 valence electrons. The van der Waals surface area contributed by atoms with Crippen LogP contribution in [0.4, 0.5) is 0 Å². The molecule has 1 aromatic rings. The van der Waals surface area contributed by atoms with Crippen molar-refractivity contribution in [2.45, 2.75) is 65.2 Å². The lowest BCUT2D eigenvalue weighted by atomic mass is 9.70. The van der Waals surface area contributed by atoms with Crippen LogP contribution in [0.15, 0.2) is 18.2 Å². The standard InChI is InChI=1S/C26H40N2O4/c1-25(2)20-6-8-26(25,3)24(15-20)30-13-7-21(29)17-28-11-9-27(10-12-28)16-19-4-5-22-23(14-19)32-18-31-22/h4-5,14,20-21,24,29H,6-13,15-18H2,1-3H3/t20-,21+,24-,26-/m0/s1. The zero-order valence-corrected chi connectivity index (χ0v) is 20.0. The largest absolute Gasteiger partial charge is 0.454 e. The highest BCUT2D eigenvalue weighted by Crippen LogP contribution is 2.66. The summed E-state index contributed by atoms with van der Waals surface area (Å²) < 4.78 is 17.2. The molecule has 4 atom stereocenters. The first-order valence-electron chi connectivity index (χ1n) is 12.5. The van der Waals surface area contributed by atoms with Crippen molar-refractivity contribution in [3.8, 4) is 11.5 Å². The number of aliphatic hydroxyl groups is 1. The Balaban J connectivity index is 1.01. The minimum atomic E-state index is -0.310. The molecule has 1 N–H and O–H groups in total. The summed E-state index contributed by atoms with van der Waals surface area (Å²) in [7, 11) is 0. The fraction of sp³-hybridized carbons (Fsp3) is 0.769. The highest BCUT2D eigenvalue weighted by atomic mass is 16.7. The van der Waals surface area contributed by atoms with Crippen molar-refractivity contribution in [3.05, 3.63) is 23.8 Å². The Morgan fingerprint density at radius 3 is 2.56 bits per heavy atom. The molecular formula is C26H40N2O4. The molecule has 6 heteroatoms. The molecule has 0 amide bonds. The zero-order chi connectivity index (χ0) is 22.3. The van der Waals surface area contributed by atoms with Crippen LogP contribution in [0, 0.1) is 16.7 Å². The molecule has 3 fully saturated rings. The molecule has 2 bridgehead atoms. The summed E-state index contributed by atoms with van der Waals surface area (Å²) in [5.41, 5.74) is 1.95. The third kappa shape index (κ3) is 4.15. The van der Waals surface area contributed by atoms with Crippen LogP contribution in [0.3, 0.4) is 0 Å². The lowest BCUT2D eigenvalue weighted by Crippen LogP contribution is -2.48. The number of hydrogen-bond donors (Lipinski definition) is 1. The summed E-state index contributed by atoms with van der Waals surface area (Å²) in [6.07, 6.45) is 4.62. The number of nitrogens with zero attached hydrogens (tertiary/aromatic N) is 2. The van der Waals surface area contributed by atoms with Gasteiger partial charge in [0.2, 0.25) is 6.79 Å². The van der Waals surface area contributed by atoms with Crippen LogP contribution in [0.25, 0.3) is 0 Å². The number of fused-ring (bicyclic) bond motifs is 3. The normalized spacial score (nSPS) is 32.5. The van der Waals surface area contributed by atoms with E-state index in [2.05, 4.69) is 42.7 Å². The minimum Gasteiger partial charge on any atom is -0.454 e. The molecule has 1 aromatic carbocycles. The second-order valence-electron chi connectivity index (χ2n) is 11.2. The van der Waals surface area contributed by atoms with Gasteiger partial charge in [-0.3, -0.25) is 9.80 Å². The monoisotopic (exact) mass is 444 g/mol. The predicted molar refractivity (Wildman–Crippen MR) is 124 cm³/mol. The van der Waals surface area contributed by atoms with Crippen LogP contribution < -0.4 is 9.47 Å². The van der Waals surface area contributed by atoms with Gasteiger partial charge in [-0.1, -0.05) is 26.8 Å². The maximum atomic E-state index is 10.6. The van der Waals surface area contributed by atoms with Crippen LogP contribution in [0.2, 0.25) is 0 Å². The predicted octanol–water partition coefficient (Wildman–Crippen LogP) is 3.52. The molecule has 2 heterocycles. The van der Waals surface area contributed by atoms with E-state index in [9.17, 15) is 5.11 Å². The number of piperazine rings is 1. The van der Waals surface area contributed by atoms with Crippen molar-refractivity contribution in [2.75, 3.05) is 46.1 Å². The second-order valence-corrected chi connectivity index (χ2v) is 11.2. The Kier molecular flexibility index (Phi) is 6.16. The molecule has 0 spiro atoms. The molecule has 1 saturated heterocycles. The Bertz CT molecular complexity index is 807. The summed E-state index contributed by atoms with van der Waals surface area (Å²) in [6, 6.07) is 6.22. The van der Waals surface area contributed by atoms with Crippen molar-refractivity contribution in [2.24, 2.45) is 16.7 Å². The molecule has 4 aliphatic rings. The number of benzene rings is 1. The summed E-state index contributed by atoms with van der Waals surface area (Å²) in [4.78, 5) is 4.86. The number of rotatable bonds is 8. The zero-order valence-electron chi connectivity index (χ0n) is 20.0. The average Bonchev–Trinajstić information content (AvgIpc) is 3.37. The van der Waals surface area contributed by atoms with Crippen molar-refractivity contribution < 1.29 is 19.3 Å². The molecule has 0 unspecified atom stereocenters. The SMILES string of the molecule is CC1(C)[C@H]2CC[C@@]1(C)[C@@H](OCC[C@@H](O)CN1CCN(Cc3ccc4c(c3)OCO4)CC1)C2. The molecule has 2 aliphatic heterocycles. The van der Waals surface area contributed by atoms with Crippen molar-refractivity contribution in [3.63, 3.8) is 0 Å². The fourth-order valence-electron chi connectivity index (χ4n) is 6.55. The van der Waals surface area contributed by atoms with E-state index in [0.717, 1.165) is 63.1 Å². The maximum Gasteiger partial charge on any atom is 0.231 e. The fourth-order valence-corrected chi connectivity index (χ4v) is 6.55. The van der Waals surface area contributed by atoms with Gasteiger partial charge in [-0.25, -0.2) is 0 Å². The summed E-state index contributed by atoms with van der Waals surface area (Å²) in [6.45, 7) is 14.0. The smallest absolute Gasteiger partial charge is 0.231 e. The van der Waals surface area contributed by atoms with Crippen LogP contribution in [0.1, 0.15) is 52.0 Å².